The molecule has 0 bridgehead atoms. The predicted molar refractivity (Wildman–Crippen MR) is 94.4 cm³/mol. The summed E-state index contributed by atoms with van der Waals surface area (Å²) in [5.41, 5.74) is 0.571. The van der Waals surface area contributed by atoms with E-state index in [1.807, 2.05) is 11.4 Å². The fourth-order valence-corrected chi connectivity index (χ4v) is 3.02. The van der Waals surface area contributed by atoms with Gasteiger partial charge in [0.15, 0.2) is 0 Å². The molecule has 0 atom stereocenters. The highest BCUT2D eigenvalue weighted by Gasteiger charge is 2.20. The molecule has 0 radical (unpaired) electrons. The molecule has 7 nitrogen and oxygen atoms in total. The lowest BCUT2D eigenvalue weighted by Gasteiger charge is -2.13. The Hall–Kier alpha value is -2.48. The summed E-state index contributed by atoms with van der Waals surface area (Å²) >= 11 is 1.40. The molecule has 0 aromatic carbocycles. The van der Waals surface area contributed by atoms with Crippen molar-refractivity contribution in [2.75, 3.05) is 5.32 Å². The van der Waals surface area contributed by atoms with Crippen LogP contribution in [0.25, 0.3) is 10.2 Å². The van der Waals surface area contributed by atoms with Gasteiger partial charge in [-0.2, -0.15) is 5.10 Å². The summed E-state index contributed by atoms with van der Waals surface area (Å²) in [6.07, 6.45) is 1.41. The summed E-state index contributed by atoms with van der Waals surface area (Å²) in [5.74, 6) is 0.305. The van der Waals surface area contributed by atoms with E-state index in [2.05, 4.69) is 36.2 Å². The Labute approximate surface area is 142 Å². The number of aromatic nitrogens is 4. The average molecular weight is 345 g/mol. The first-order valence-corrected chi connectivity index (χ1v) is 8.40. The molecule has 3 aromatic rings. The minimum absolute atomic E-state index is 0.0896. The number of aryl methyl sites for hydroxylation is 1. The van der Waals surface area contributed by atoms with Crippen LogP contribution < -0.4 is 10.9 Å². The smallest absolute Gasteiger partial charge is 0.262 e. The molecule has 1 N–H and O–H groups in total. The highest BCUT2D eigenvalue weighted by Crippen LogP contribution is 2.23. The summed E-state index contributed by atoms with van der Waals surface area (Å²) < 4.78 is 2.94. The summed E-state index contributed by atoms with van der Waals surface area (Å²) in [6.45, 7) is 6.08. The summed E-state index contributed by atoms with van der Waals surface area (Å²) in [4.78, 5) is 29.5. The molecule has 1 amide bonds. The van der Waals surface area contributed by atoms with Crippen molar-refractivity contribution in [1.82, 2.24) is 19.3 Å². The first-order valence-electron chi connectivity index (χ1n) is 7.53. The Morgan fingerprint density at radius 2 is 2.12 bits per heavy atom. The SMILES string of the molecule is Cn1nc(C(C)(C)C)cc1NC(=O)Cn1cnc2sccc2c1=O. The van der Waals surface area contributed by atoms with Crippen molar-refractivity contribution in [3.8, 4) is 0 Å². The third-order valence-corrected chi connectivity index (χ3v) is 4.50. The summed E-state index contributed by atoms with van der Waals surface area (Å²) in [5, 5.41) is 9.56. The Morgan fingerprint density at radius 3 is 2.79 bits per heavy atom. The highest BCUT2D eigenvalue weighted by atomic mass is 32.1. The molecular formula is C16H19N5O2S. The molecule has 126 valence electrons. The molecule has 24 heavy (non-hydrogen) atoms. The number of hydrogen-bond acceptors (Lipinski definition) is 5. The van der Waals surface area contributed by atoms with E-state index in [1.165, 1.54) is 22.2 Å². The minimum atomic E-state index is -0.295. The number of thiophene rings is 1. The van der Waals surface area contributed by atoms with Crippen LogP contribution in [0.2, 0.25) is 0 Å². The fourth-order valence-electron chi connectivity index (χ4n) is 2.29. The van der Waals surface area contributed by atoms with Gasteiger partial charge >= 0.3 is 0 Å². The van der Waals surface area contributed by atoms with Crippen LogP contribution in [0.5, 0.6) is 0 Å². The first kappa shape index (κ1) is 16.4. The van der Waals surface area contributed by atoms with Crippen molar-refractivity contribution >= 4 is 33.3 Å². The van der Waals surface area contributed by atoms with Gasteiger partial charge in [-0.3, -0.25) is 18.8 Å². The number of rotatable bonds is 3. The number of nitrogens with one attached hydrogen (secondary N) is 1. The maximum atomic E-state index is 12.3. The molecule has 8 heteroatoms. The minimum Gasteiger partial charge on any atom is -0.309 e. The van der Waals surface area contributed by atoms with Crippen molar-refractivity contribution in [3.05, 3.63) is 39.9 Å². The van der Waals surface area contributed by atoms with E-state index in [4.69, 9.17) is 0 Å². The Morgan fingerprint density at radius 1 is 1.38 bits per heavy atom. The van der Waals surface area contributed by atoms with Crippen LogP contribution in [0, 0.1) is 0 Å². The Bertz CT molecular complexity index is 961. The normalized spacial score (nSPS) is 11.8. The molecule has 0 unspecified atom stereocenters. The van der Waals surface area contributed by atoms with E-state index < -0.39 is 0 Å². The number of fused-ring (bicyclic) bond motifs is 1. The number of hydrogen-bond donors (Lipinski definition) is 1. The van der Waals surface area contributed by atoms with Crippen LogP contribution in [0.4, 0.5) is 5.82 Å². The molecule has 0 aliphatic heterocycles. The van der Waals surface area contributed by atoms with E-state index >= 15 is 0 Å². The molecule has 0 aliphatic rings. The molecule has 3 rings (SSSR count). The van der Waals surface area contributed by atoms with Crippen LogP contribution in [0.1, 0.15) is 26.5 Å². The van der Waals surface area contributed by atoms with Gasteiger partial charge in [0.25, 0.3) is 5.56 Å². The van der Waals surface area contributed by atoms with Crippen molar-refractivity contribution in [2.24, 2.45) is 7.05 Å². The molecule has 0 aliphatic carbocycles. The van der Waals surface area contributed by atoms with Gasteiger partial charge in [0.05, 0.1) is 17.4 Å². The quantitative estimate of drug-likeness (QED) is 0.788. The molecule has 0 saturated carbocycles. The van der Waals surface area contributed by atoms with E-state index in [1.54, 1.807) is 17.8 Å². The maximum Gasteiger partial charge on any atom is 0.262 e. The van der Waals surface area contributed by atoms with E-state index in [-0.39, 0.29) is 23.4 Å². The standard InChI is InChI=1S/C16H19N5O2S/c1-16(2,3)11-7-12(20(4)19-11)18-13(22)8-21-9-17-14-10(15(21)23)5-6-24-14/h5-7,9H,8H2,1-4H3,(H,18,22). The van der Waals surface area contributed by atoms with Gasteiger partial charge < -0.3 is 5.32 Å². The zero-order chi connectivity index (χ0) is 17.5. The molecule has 0 spiro atoms. The second-order valence-corrected chi connectivity index (χ2v) is 7.55. The Balaban J connectivity index is 1.79. The third kappa shape index (κ3) is 3.09. The molecule has 0 fully saturated rings. The van der Waals surface area contributed by atoms with Gasteiger partial charge in [-0.15, -0.1) is 11.3 Å². The maximum absolute atomic E-state index is 12.3. The fraction of sp³-hybridized carbons (Fsp3) is 0.375. The number of carbonyl (C=O) groups excluding carboxylic acids is 1. The summed E-state index contributed by atoms with van der Waals surface area (Å²) in [6, 6.07) is 3.57. The van der Waals surface area contributed by atoms with Crippen molar-refractivity contribution in [1.29, 1.82) is 0 Å². The lowest BCUT2D eigenvalue weighted by atomic mass is 9.92. The van der Waals surface area contributed by atoms with Gasteiger partial charge in [-0.25, -0.2) is 4.98 Å². The van der Waals surface area contributed by atoms with Gasteiger partial charge in [0.2, 0.25) is 5.91 Å². The second-order valence-electron chi connectivity index (χ2n) is 6.65. The number of carbonyl (C=O) groups is 1. The summed E-state index contributed by atoms with van der Waals surface area (Å²) in [7, 11) is 1.77. The monoisotopic (exact) mass is 345 g/mol. The lowest BCUT2D eigenvalue weighted by molar-refractivity contribution is -0.116. The number of anilines is 1. The van der Waals surface area contributed by atoms with Crippen molar-refractivity contribution in [2.45, 2.75) is 32.7 Å². The van der Waals surface area contributed by atoms with Crippen LogP contribution in [-0.4, -0.2) is 25.2 Å². The largest absolute Gasteiger partial charge is 0.309 e. The van der Waals surface area contributed by atoms with E-state index in [9.17, 15) is 9.59 Å². The van der Waals surface area contributed by atoms with Crippen molar-refractivity contribution < 1.29 is 4.79 Å². The number of amides is 1. The van der Waals surface area contributed by atoms with Crippen LogP contribution in [-0.2, 0) is 23.8 Å². The second kappa shape index (κ2) is 5.86. The first-order chi connectivity index (χ1) is 11.3. The average Bonchev–Trinajstić information content (AvgIpc) is 3.09. The van der Waals surface area contributed by atoms with Gasteiger partial charge in [-0.1, -0.05) is 20.8 Å². The highest BCUT2D eigenvalue weighted by molar-refractivity contribution is 7.16. The number of nitrogens with zero attached hydrogens (tertiary/aromatic N) is 4. The van der Waals surface area contributed by atoms with E-state index in [0.29, 0.717) is 16.0 Å². The molecule has 3 heterocycles. The predicted octanol–water partition coefficient (Wildman–Crippen LogP) is 2.13. The molecule has 3 aromatic heterocycles. The lowest BCUT2D eigenvalue weighted by Crippen LogP contribution is -2.28. The third-order valence-electron chi connectivity index (χ3n) is 3.68. The van der Waals surface area contributed by atoms with Gasteiger partial charge in [-0.05, 0) is 11.4 Å². The molecular weight excluding hydrogens is 326 g/mol. The van der Waals surface area contributed by atoms with Crippen LogP contribution in [0.15, 0.2) is 28.6 Å². The van der Waals surface area contributed by atoms with Crippen LogP contribution >= 0.6 is 11.3 Å². The zero-order valence-electron chi connectivity index (χ0n) is 14.0. The zero-order valence-corrected chi connectivity index (χ0v) is 14.8. The topological polar surface area (TPSA) is 81.8 Å². The van der Waals surface area contributed by atoms with Crippen molar-refractivity contribution in [3.63, 3.8) is 0 Å². The molecule has 0 saturated heterocycles. The van der Waals surface area contributed by atoms with Gasteiger partial charge in [0, 0.05) is 18.5 Å². The van der Waals surface area contributed by atoms with Gasteiger partial charge in [0.1, 0.15) is 17.2 Å². The Kier molecular flexibility index (Phi) is 4.00. The van der Waals surface area contributed by atoms with Crippen LogP contribution in [0.3, 0.4) is 0 Å². The van der Waals surface area contributed by atoms with E-state index in [0.717, 1.165) is 5.69 Å².